The number of hydrogen-bond donors (Lipinski definition) is 4. The molecule has 0 saturated heterocycles. The fourth-order valence-corrected chi connectivity index (χ4v) is 0.966. The van der Waals surface area contributed by atoms with Gasteiger partial charge in [-0.3, -0.25) is 0 Å². The molecule has 0 spiro atoms. The molecule has 0 aliphatic heterocycles. The van der Waals surface area contributed by atoms with E-state index in [1.807, 2.05) is 0 Å². The molecule has 5 N–H and O–H groups in total. The molecule has 1 unspecified atom stereocenters. The van der Waals surface area contributed by atoms with Gasteiger partial charge in [-0.15, -0.1) is 0 Å². The van der Waals surface area contributed by atoms with Crippen LogP contribution < -0.4 is 11.1 Å². The molecule has 1 aromatic carbocycles. The van der Waals surface area contributed by atoms with Gasteiger partial charge in [0.05, 0.1) is 0 Å². The van der Waals surface area contributed by atoms with E-state index in [0.29, 0.717) is 12.1 Å². The van der Waals surface area contributed by atoms with Gasteiger partial charge < -0.3 is 21.3 Å². The third-order valence-electron chi connectivity index (χ3n) is 1.65. The summed E-state index contributed by atoms with van der Waals surface area (Å²) in [4.78, 5) is 0. The average Bonchev–Trinajstić information content (AvgIpc) is 2.09. The van der Waals surface area contributed by atoms with Crippen molar-refractivity contribution in [1.29, 1.82) is 0 Å². The monoisotopic (exact) mass is 182 g/mol. The number of aliphatic hydroxyl groups is 2. The van der Waals surface area contributed by atoms with Gasteiger partial charge in [-0.1, -0.05) is 0 Å². The summed E-state index contributed by atoms with van der Waals surface area (Å²) in [6, 6.07) is 7.04. The van der Waals surface area contributed by atoms with Crippen LogP contribution in [-0.4, -0.2) is 23.0 Å². The first-order chi connectivity index (χ1) is 6.22. The predicted molar refractivity (Wildman–Crippen MR) is 52.2 cm³/mol. The number of nitrogens with one attached hydrogen (secondary N) is 1. The number of hydrogen-bond acceptors (Lipinski definition) is 4. The van der Waals surface area contributed by atoms with Crippen LogP contribution in [0.15, 0.2) is 24.3 Å². The first kappa shape index (κ1) is 9.83. The topological polar surface area (TPSA) is 78.5 Å². The maximum Gasteiger partial charge on any atom is 0.126 e. The van der Waals surface area contributed by atoms with E-state index in [2.05, 4.69) is 5.32 Å². The maximum absolute atomic E-state index is 9.27. The molecule has 0 aliphatic carbocycles. The third-order valence-corrected chi connectivity index (χ3v) is 1.65. The van der Waals surface area contributed by atoms with E-state index < -0.39 is 6.23 Å². The Balaban J connectivity index is 2.49. The van der Waals surface area contributed by atoms with Crippen molar-refractivity contribution in [3.05, 3.63) is 24.3 Å². The largest absolute Gasteiger partial charge is 0.399 e. The van der Waals surface area contributed by atoms with E-state index in [1.54, 1.807) is 24.3 Å². The highest BCUT2D eigenvalue weighted by Crippen LogP contribution is 2.11. The van der Waals surface area contributed by atoms with Crippen molar-refractivity contribution in [2.75, 3.05) is 17.7 Å². The number of nitrogen functional groups attached to an aromatic ring is 1. The summed E-state index contributed by atoms with van der Waals surface area (Å²) in [5, 5.41) is 20.6. The Labute approximate surface area is 77.0 Å². The van der Waals surface area contributed by atoms with Gasteiger partial charge in [0.2, 0.25) is 0 Å². The fraction of sp³-hybridized carbons (Fsp3) is 0.333. The van der Waals surface area contributed by atoms with Gasteiger partial charge in [0, 0.05) is 24.4 Å². The highest BCUT2D eigenvalue weighted by Gasteiger charge is 2.01. The normalized spacial score (nSPS) is 12.5. The van der Waals surface area contributed by atoms with Crippen LogP contribution in [0.1, 0.15) is 6.42 Å². The second-order valence-corrected chi connectivity index (χ2v) is 2.79. The summed E-state index contributed by atoms with van der Waals surface area (Å²) in [5.74, 6) is 0. The number of anilines is 2. The minimum absolute atomic E-state index is 0.0386. The maximum atomic E-state index is 9.27. The van der Waals surface area contributed by atoms with Crippen molar-refractivity contribution >= 4 is 11.4 Å². The molecule has 0 fully saturated rings. The Morgan fingerprint density at radius 3 is 2.46 bits per heavy atom. The van der Waals surface area contributed by atoms with E-state index in [0.717, 1.165) is 5.69 Å². The molecule has 13 heavy (non-hydrogen) atoms. The molecule has 0 heterocycles. The minimum Gasteiger partial charge on any atom is -0.399 e. The van der Waals surface area contributed by atoms with E-state index in [4.69, 9.17) is 10.8 Å². The second kappa shape index (κ2) is 4.69. The molecule has 4 heteroatoms. The molecule has 0 saturated carbocycles. The van der Waals surface area contributed by atoms with Crippen molar-refractivity contribution < 1.29 is 10.2 Å². The van der Waals surface area contributed by atoms with Crippen LogP contribution in [0, 0.1) is 0 Å². The molecule has 0 aliphatic rings. The Hall–Kier alpha value is -1.26. The third kappa shape index (κ3) is 3.31. The number of benzene rings is 1. The molecule has 0 bridgehead atoms. The lowest BCUT2D eigenvalue weighted by atomic mass is 10.2. The zero-order valence-corrected chi connectivity index (χ0v) is 7.27. The number of rotatable bonds is 4. The first-order valence-corrected chi connectivity index (χ1v) is 4.13. The van der Waals surface area contributed by atoms with Gasteiger partial charge in [0.1, 0.15) is 6.23 Å². The van der Waals surface area contributed by atoms with Crippen LogP contribution in [0.4, 0.5) is 11.4 Å². The van der Waals surface area contributed by atoms with E-state index in [9.17, 15) is 5.11 Å². The molecule has 4 nitrogen and oxygen atoms in total. The molecule has 1 aromatic rings. The van der Waals surface area contributed by atoms with Gasteiger partial charge in [0.15, 0.2) is 0 Å². The molecule has 0 amide bonds. The predicted octanol–water partition coefficient (Wildman–Crippen LogP) is 0.382. The van der Waals surface area contributed by atoms with Gasteiger partial charge >= 0.3 is 0 Å². The zero-order valence-electron chi connectivity index (χ0n) is 7.27. The quantitative estimate of drug-likeness (QED) is 0.401. The number of aliphatic hydroxyl groups excluding tert-OH is 2. The van der Waals surface area contributed by atoms with Crippen LogP contribution >= 0.6 is 0 Å². The lowest BCUT2D eigenvalue weighted by molar-refractivity contribution is 0.155. The smallest absolute Gasteiger partial charge is 0.126 e. The SMILES string of the molecule is Nc1ccc(NC(O)CCO)cc1. The van der Waals surface area contributed by atoms with E-state index in [-0.39, 0.29) is 6.61 Å². The van der Waals surface area contributed by atoms with Crippen LogP contribution in [0.2, 0.25) is 0 Å². The Bertz CT molecular complexity index is 248. The Morgan fingerprint density at radius 1 is 1.31 bits per heavy atom. The van der Waals surface area contributed by atoms with Gasteiger partial charge in [-0.2, -0.15) is 0 Å². The van der Waals surface area contributed by atoms with Gasteiger partial charge in [0.25, 0.3) is 0 Å². The summed E-state index contributed by atoms with van der Waals surface area (Å²) < 4.78 is 0. The average molecular weight is 182 g/mol. The molecule has 1 rings (SSSR count). The van der Waals surface area contributed by atoms with Gasteiger partial charge in [-0.05, 0) is 24.3 Å². The van der Waals surface area contributed by atoms with Crippen molar-refractivity contribution in [3.63, 3.8) is 0 Å². The summed E-state index contributed by atoms with van der Waals surface area (Å²) in [7, 11) is 0. The Morgan fingerprint density at radius 2 is 1.92 bits per heavy atom. The van der Waals surface area contributed by atoms with Crippen molar-refractivity contribution in [1.82, 2.24) is 0 Å². The fourth-order valence-electron chi connectivity index (χ4n) is 0.966. The van der Waals surface area contributed by atoms with Crippen LogP contribution in [0.3, 0.4) is 0 Å². The summed E-state index contributed by atoms with van der Waals surface area (Å²) in [6.07, 6.45) is -0.404. The van der Waals surface area contributed by atoms with Crippen LogP contribution in [-0.2, 0) is 0 Å². The summed E-state index contributed by atoms with van der Waals surface area (Å²) in [6.45, 7) is -0.0386. The second-order valence-electron chi connectivity index (χ2n) is 2.79. The van der Waals surface area contributed by atoms with Crippen molar-refractivity contribution in [2.24, 2.45) is 0 Å². The molecular weight excluding hydrogens is 168 g/mol. The summed E-state index contributed by atoms with van der Waals surface area (Å²) >= 11 is 0. The highest BCUT2D eigenvalue weighted by atomic mass is 16.3. The van der Waals surface area contributed by atoms with Crippen molar-refractivity contribution in [2.45, 2.75) is 12.6 Å². The lowest BCUT2D eigenvalue weighted by Gasteiger charge is -2.12. The lowest BCUT2D eigenvalue weighted by Crippen LogP contribution is -2.19. The zero-order chi connectivity index (χ0) is 9.68. The van der Waals surface area contributed by atoms with E-state index >= 15 is 0 Å². The van der Waals surface area contributed by atoms with Crippen molar-refractivity contribution in [3.8, 4) is 0 Å². The molecular formula is C9H14N2O2. The highest BCUT2D eigenvalue weighted by molar-refractivity contribution is 5.51. The van der Waals surface area contributed by atoms with Crippen LogP contribution in [0.5, 0.6) is 0 Å². The minimum atomic E-state index is -0.714. The standard InChI is InChI=1S/C9H14N2O2/c10-7-1-3-8(4-2-7)11-9(13)5-6-12/h1-4,9,11-13H,5-6,10H2. The molecule has 72 valence electrons. The molecule has 0 radical (unpaired) electrons. The van der Waals surface area contributed by atoms with Crippen LogP contribution in [0.25, 0.3) is 0 Å². The Kier molecular flexibility index (Phi) is 3.54. The molecule has 1 atom stereocenters. The van der Waals surface area contributed by atoms with Gasteiger partial charge in [-0.25, -0.2) is 0 Å². The van der Waals surface area contributed by atoms with E-state index in [1.165, 1.54) is 0 Å². The molecule has 0 aromatic heterocycles. The first-order valence-electron chi connectivity index (χ1n) is 4.13. The number of nitrogens with two attached hydrogens (primary N) is 1. The summed E-state index contributed by atoms with van der Waals surface area (Å²) in [5.41, 5.74) is 6.96.